The van der Waals surface area contributed by atoms with Gasteiger partial charge in [-0.25, -0.2) is 0 Å². The second-order valence-electron chi connectivity index (χ2n) is 8.99. The van der Waals surface area contributed by atoms with E-state index in [1.807, 2.05) is 30.3 Å². The molecule has 4 rings (SSSR count). The van der Waals surface area contributed by atoms with Crippen LogP contribution in [-0.2, 0) is 9.59 Å². The predicted molar refractivity (Wildman–Crippen MR) is 160 cm³/mol. The van der Waals surface area contributed by atoms with Crippen molar-refractivity contribution < 1.29 is 24.0 Å². The van der Waals surface area contributed by atoms with E-state index < -0.39 is 22.7 Å². The maximum atomic E-state index is 13.7. The minimum absolute atomic E-state index is 0.0195. The van der Waals surface area contributed by atoms with Crippen molar-refractivity contribution in [2.24, 2.45) is 0 Å². The number of nitriles is 1. The summed E-state index contributed by atoms with van der Waals surface area (Å²) in [4.78, 5) is 37.4. The molecule has 214 valence electrons. The highest BCUT2D eigenvalue weighted by atomic mass is 32.2. The first-order valence-electron chi connectivity index (χ1n) is 12.6. The Kier molecular flexibility index (Phi) is 9.46. The van der Waals surface area contributed by atoms with Crippen LogP contribution in [0.25, 0.3) is 0 Å². The van der Waals surface area contributed by atoms with Gasteiger partial charge in [-0.1, -0.05) is 54.2 Å². The molecule has 12 heteroatoms. The number of ether oxygens (including phenoxy) is 2. The molecule has 0 unspecified atom stereocenters. The maximum absolute atomic E-state index is 13.7. The summed E-state index contributed by atoms with van der Waals surface area (Å²) in [5, 5.41) is 30.8. The first kappa shape index (κ1) is 29.7. The third-order valence-electron chi connectivity index (χ3n) is 6.40. The van der Waals surface area contributed by atoms with Crippen LogP contribution < -0.4 is 25.4 Å². The van der Waals surface area contributed by atoms with E-state index in [4.69, 9.17) is 9.47 Å². The first-order valence-corrected chi connectivity index (χ1v) is 13.6. The van der Waals surface area contributed by atoms with Crippen molar-refractivity contribution in [3.8, 4) is 17.6 Å². The van der Waals surface area contributed by atoms with Gasteiger partial charge in [0.15, 0.2) is 0 Å². The summed E-state index contributed by atoms with van der Waals surface area (Å²) < 4.78 is 10.4. The molecule has 42 heavy (non-hydrogen) atoms. The van der Waals surface area contributed by atoms with Crippen molar-refractivity contribution in [3.63, 3.8) is 0 Å². The Balaban J connectivity index is 1.61. The number of para-hydroxylation sites is 2. The topological polar surface area (TPSA) is 156 Å². The van der Waals surface area contributed by atoms with E-state index in [1.165, 1.54) is 32.4 Å². The molecule has 0 saturated carbocycles. The molecule has 0 aromatic heterocycles. The average Bonchev–Trinajstić information content (AvgIpc) is 3.00. The molecule has 1 heterocycles. The second-order valence-corrected chi connectivity index (χ2v) is 9.98. The van der Waals surface area contributed by atoms with Crippen LogP contribution >= 0.6 is 11.8 Å². The van der Waals surface area contributed by atoms with E-state index in [9.17, 15) is 25.0 Å². The maximum Gasteiger partial charge on any atom is 0.296 e. The number of hydrogen-bond donors (Lipinski definition) is 3. The van der Waals surface area contributed by atoms with Gasteiger partial charge in [-0.3, -0.25) is 19.7 Å². The second kappa shape index (κ2) is 13.4. The number of anilines is 2. The number of methoxy groups -OCH3 is 2. The van der Waals surface area contributed by atoms with Crippen molar-refractivity contribution in [2.75, 3.05) is 30.6 Å². The largest absolute Gasteiger partial charge is 0.496 e. The lowest BCUT2D eigenvalue weighted by Gasteiger charge is -2.30. The highest BCUT2D eigenvalue weighted by Crippen LogP contribution is 2.41. The molecule has 3 aromatic rings. The Hall–Kier alpha value is -5.28. The number of amides is 2. The fourth-order valence-corrected chi connectivity index (χ4v) is 5.35. The highest BCUT2D eigenvalue weighted by Gasteiger charge is 2.35. The number of nitro benzene ring substituents is 1. The molecule has 1 atom stereocenters. The molecular weight excluding hydrogens is 558 g/mol. The molecule has 11 nitrogen and oxygen atoms in total. The average molecular weight is 586 g/mol. The predicted octanol–water partition coefficient (Wildman–Crippen LogP) is 5.32. The number of carbonyl (C=O) groups is 2. The smallest absolute Gasteiger partial charge is 0.296 e. The Morgan fingerprint density at radius 1 is 1.02 bits per heavy atom. The lowest BCUT2D eigenvalue weighted by atomic mass is 9.82. The number of nitrogens with zero attached hydrogens (tertiary/aromatic N) is 2. The molecule has 1 aliphatic heterocycles. The van der Waals surface area contributed by atoms with E-state index in [2.05, 4.69) is 22.0 Å². The molecule has 3 aromatic carbocycles. The van der Waals surface area contributed by atoms with Crippen molar-refractivity contribution in [1.82, 2.24) is 5.32 Å². The number of rotatable bonds is 10. The summed E-state index contributed by atoms with van der Waals surface area (Å²) in [6.07, 6.45) is 0. The van der Waals surface area contributed by atoms with Crippen LogP contribution in [0.3, 0.4) is 0 Å². The minimum atomic E-state index is -0.722. The quantitative estimate of drug-likeness (QED) is 0.212. The Bertz CT molecular complexity index is 1630. The van der Waals surface area contributed by atoms with Gasteiger partial charge >= 0.3 is 0 Å². The molecule has 0 saturated heterocycles. The fourth-order valence-electron chi connectivity index (χ4n) is 4.46. The highest BCUT2D eigenvalue weighted by molar-refractivity contribution is 8.03. The number of hydrogen-bond acceptors (Lipinski definition) is 9. The molecule has 0 fully saturated rings. The SMILES string of the molecule is COc1ccc(NC(=O)CSC2=C(C#N)[C@H](c3ccccc3)C(C(=O)Nc3ccccc3OC)=C(C)N2)c([N+](=O)[O-])c1. The summed E-state index contributed by atoms with van der Waals surface area (Å²) in [5.74, 6) is -1.05. The van der Waals surface area contributed by atoms with E-state index in [-0.39, 0.29) is 28.5 Å². The molecular formula is C30H27N5O6S. The van der Waals surface area contributed by atoms with Gasteiger partial charge in [0.25, 0.3) is 11.6 Å². The summed E-state index contributed by atoms with van der Waals surface area (Å²) in [6.45, 7) is 1.72. The summed E-state index contributed by atoms with van der Waals surface area (Å²) in [6, 6.07) is 22.5. The van der Waals surface area contributed by atoms with Gasteiger partial charge in [0.05, 0.1) is 59.2 Å². The van der Waals surface area contributed by atoms with Gasteiger partial charge < -0.3 is 25.4 Å². The third-order valence-corrected chi connectivity index (χ3v) is 7.42. The van der Waals surface area contributed by atoms with Crippen LogP contribution in [0.5, 0.6) is 11.5 Å². The first-order chi connectivity index (χ1) is 20.3. The van der Waals surface area contributed by atoms with Crippen LogP contribution in [0.4, 0.5) is 17.1 Å². The number of allylic oxidation sites excluding steroid dienone is 2. The number of nitrogens with one attached hydrogen (secondary N) is 3. The van der Waals surface area contributed by atoms with Crippen LogP contribution in [0.15, 0.2) is 94.7 Å². The van der Waals surface area contributed by atoms with E-state index in [1.54, 1.807) is 31.2 Å². The zero-order valence-electron chi connectivity index (χ0n) is 23.0. The van der Waals surface area contributed by atoms with Gasteiger partial charge in [-0.15, -0.1) is 0 Å². The van der Waals surface area contributed by atoms with Gasteiger partial charge in [-0.05, 0) is 36.8 Å². The summed E-state index contributed by atoms with van der Waals surface area (Å²) >= 11 is 1.06. The molecule has 0 radical (unpaired) electrons. The van der Waals surface area contributed by atoms with Crippen LogP contribution in [0.1, 0.15) is 18.4 Å². The van der Waals surface area contributed by atoms with Crippen molar-refractivity contribution >= 4 is 40.6 Å². The Morgan fingerprint density at radius 2 is 1.74 bits per heavy atom. The number of benzene rings is 3. The standard InChI is InChI=1S/C30H27N5O6S/c1-18-27(29(37)34-23-11-7-8-12-25(23)41-3)28(19-9-5-4-6-10-19)21(16-31)30(32-18)42-17-26(36)33-22-14-13-20(40-2)15-24(22)35(38)39/h4-15,28,32H,17H2,1-3H3,(H,33,36)(H,34,37)/t28-/m0/s1. The van der Waals surface area contributed by atoms with Crippen LogP contribution in [-0.4, -0.2) is 36.7 Å². The third kappa shape index (κ3) is 6.54. The van der Waals surface area contributed by atoms with E-state index in [0.29, 0.717) is 27.7 Å². The Labute approximate surface area is 246 Å². The van der Waals surface area contributed by atoms with Gasteiger partial charge in [0.2, 0.25) is 5.91 Å². The zero-order chi connectivity index (χ0) is 30.2. The lowest BCUT2D eigenvalue weighted by Crippen LogP contribution is -2.31. The monoisotopic (exact) mass is 585 g/mol. The van der Waals surface area contributed by atoms with Gasteiger partial charge in [0, 0.05) is 11.3 Å². The van der Waals surface area contributed by atoms with Crippen LogP contribution in [0.2, 0.25) is 0 Å². The van der Waals surface area contributed by atoms with Crippen molar-refractivity contribution in [2.45, 2.75) is 12.8 Å². The molecule has 0 aliphatic carbocycles. The Morgan fingerprint density at radius 3 is 2.40 bits per heavy atom. The summed E-state index contributed by atoms with van der Waals surface area (Å²) in [5.41, 5.74) is 2.00. The fraction of sp³-hybridized carbons (Fsp3) is 0.167. The van der Waals surface area contributed by atoms with Crippen molar-refractivity contribution in [1.29, 1.82) is 5.26 Å². The van der Waals surface area contributed by atoms with Gasteiger partial charge in [0.1, 0.15) is 17.2 Å². The molecule has 0 spiro atoms. The molecule has 2 amide bonds. The summed E-state index contributed by atoms with van der Waals surface area (Å²) in [7, 11) is 2.89. The zero-order valence-corrected chi connectivity index (χ0v) is 23.8. The number of thioether (sulfide) groups is 1. The number of nitro groups is 1. The lowest BCUT2D eigenvalue weighted by molar-refractivity contribution is -0.384. The van der Waals surface area contributed by atoms with E-state index >= 15 is 0 Å². The van der Waals surface area contributed by atoms with Gasteiger partial charge in [-0.2, -0.15) is 5.26 Å². The molecule has 3 N–H and O–H groups in total. The molecule has 1 aliphatic rings. The molecule has 0 bridgehead atoms. The normalized spacial score (nSPS) is 14.4. The van der Waals surface area contributed by atoms with Crippen molar-refractivity contribution in [3.05, 3.63) is 110 Å². The number of dihydropyridines is 1. The number of carbonyl (C=O) groups excluding carboxylic acids is 2. The van der Waals surface area contributed by atoms with Crippen LogP contribution in [0, 0.1) is 21.4 Å². The minimum Gasteiger partial charge on any atom is -0.496 e. The van der Waals surface area contributed by atoms with E-state index in [0.717, 1.165) is 17.3 Å².